The van der Waals surface area contributed by atoms with E-state index in [4.69, 9.17) is 17.3 Å². The Hall–Kier alpha value is -1.06. The highest BCUT2D eigenvalue weighted by Crippen LogP contribution is 2.17. The van der Waals surface area contributed by atoms with Crippen molar-refractivity contribution in [1.29, 1.82) is 0 Å². The summed E-state index contributed by atoms with van der Waals surface area (Å²) in [4.78, 5) is 11.8. The van der Waals surface area contributed by atoms with Crippen molar-refractivity contribution in [1.82, 2.24) is 5.32 Å². The Morgan fingerprint density at radius 2 is 2.24 bits per heavy atom. The normalized spacial score (nSPS) is 14.1. The van der Waals surface area contributed by atoms with E-state index < -0.39 is 0 Å². The second kappa shape index (κ2) is 6.62. The van der Waals surface area contributed by atoms with Crippen LogP contribution in [0.2, 0.25) is 5.02 Å². The third-order valence-electron chi connectivity index (χ3n) is 2.86. The summed E-state index contributed by atoms with van der Waals surface area (Å²) in [5.41, 5.74) is 6.54. The zero-order chi connectivity index (χ0) is 12.8. The Balaban J connectivity index is 2.66. The van der Waals surface area contributed by atoms with Crippen molar-refractivity contribution in [3.05, 3.63) is 34.9 Å². The number of hydrogen-bond donors (Lipinski definition) is 2. The van der Waals surface area contributed by atoms with Gasteiger partial charge in [-0.1, -0.05) is 30.7 Å². The van der Waals surface area contributed by atoms with E-state index in [0.717, 1.165) is 12.0 Å². The summed E-state index contributed by atoms with van der Waals surface area (Å²) >= 11 is 5.91. The molecule has 0 heterocycles. The van der Waals surface area contributed by atoms with E-state index in [9.17, 15) is 4.79 Å². The molecule has 0 aliphatic rings. The summed E-state index contributed by atoms with van der Waals surface area (Å²) in [5, 5.41) is 3.62. The molecule has 0 spiro atoms. The van der Waals surface area contributed by atoms with Gasteiger partial charge in [-0.2, -0.15) is 0 Å². The zero-order valence-corrected chi connectivity index (χ0v) is 11.0. The van der Waals surface area contributed by atoms with Gasteiger partial charge >= 0.3 is 0 Å². The van der Waals surface area contributed by atoms with Crippen LogP contribution in [0.25, 0.3) is 0 Å². The molecule has 1 aromatic rings. The van der Waals surface area contributed by atoms with Crippen molar-refractivity contribution in [2.45, 2.75) is 26.3 Å². The van der Waals surface area contributed by atoms with Gasteiger partial charge in [0.25, 0.3) is 0 Å². The fourth-order valence-corrected chi connectivity index (χ4v) is 1.85. The van der Waals surface area contributed by atoms with Crippen LogP contribution in [0.15, 0.2) is 24.3 Å². The van der Waals surface area contributed by atoms with Crippen LogP contribution < -0.4 is 11.1 Å². The third-order valence-corrected chi connectivity index (χ3v) is 3.09. The van der Waals surface area contributed by atoms with Crippen LogP contribution >= 0.6 is 11.6 Å². The number of carbonyl (C=O) groups excluding carboxylic acids is 1. The van der Waals surface area contributed by atoms with Crippen molar-refractivity contribution >= 4 is 17.5 Å². The van der Waals surface area contributed by atoms with Gasteiger partial charge in [0, 0.05) is 17.5 Å². The van der Waals surface area contributed by atoms with Crippen molar-refractivity contribution in [3.63, 3.8) is 0 Å². The van der Waals surface area contributed by atoms with Crippen LogP contribution in [-0.2, 0) is 4.79 Å². The van der Waals surface area contributed by atoms with E-state index in [0.29, 0.717) is 11.6 Å². The van der Waals surface area contributed by atoms with Gasteiger partial charge in [0.15, 0.2) is 0 Å². The van der Waals surface area contributed by atoms with Crippen molar-refractivity contribution in [2.75, 3.05) is 6.54 Å². The summed E-state index contributed by atoms with van der Waals surface area (Å²) in [6.45, 7) is 4.28. The maximum absolute atomic E-state index is 11.8. The molecule has 0 bridgehead atoms. The Labute approximate surface area is 107 Å². The summed E-state index contributed by atoms with van der Waals surface area (Å²) < 4.78 is 0. The first-order chi connectivity index (χ1) is 8.08. The SMILES string of the molecule is CCC(CN)C(=O)N[C@@H](C)c1cccc(Cl)c1. The molecule has 0 saturated heterocycles. The number of halogens is 1. The van der Waals surface area contributed by atoms with E-state index in [-0.39, 0.29) is 17.9 Å². The van der Waals surface area contributed by atoms with Crippen LogP contribution in [0, 0.1) is 5.92 Å². The fourth-order valence-electron chi connectivity index (χ4n) is 1.65. The first kappa shape index (κ1) is 14.0. The Kier molecular flexibility index (Phi) is 5.45. The summed E-state index contributed by atoms with van der Waals surface area (Å²) in [7, 11) is 0. The van der Waals surface area contributed by atoms with Crippen LogP contribution in [0.4, 0.5) is 0 Å². The minimum atomic E-state index is -0.114. The van der Waals surface area contributed by atoms with Gasteiger partial charge in [0.05, 0.1) is 6.04 Å². The van der Waals surface area contributed by atoms with Gasteiger partial charge in [-0.3, -0.25) is 4.79 Å². The molecule has 4 heteroatoms. The first-order valence-electron chi connectivity index (χ1n) is 5.84. The molecule has 3 N–H and O–H groups in total. The number of amides is 1. The van der Waals surface area contributed by atoms with Crippen molar-refractivity contribution < 1.29 is 4.79 Å². The van der Waals surface area contributed by atoms with Gasteiger partial charge in [-0.15, -0.1) is 0 Å². The molecular formula is C13H19ClN2O. The van der Waals surface area contributed by atoms with E-state index >= 15 is 0 Å². The molecular weight excluding hydrogens is 236 g/mol. The summed E-state index contributed by atoms with van der Waals surface area (Å²) in [6, 6.07) is 7.44. The Bertz CT molecular complexity index is 377. The number of rotatable bonds is 5. The lowest BCUT2D eigenvalue weighted by Gasteiger charge is -2.18. The fraction of sp³-hybridized carbons (Fsp3) is 0.462. The Morgan fingerprint density at radius 1 is 1.53 bits per heavy atom. The van der Waals surface area contributed by atoms with Gasteiger partial charge < -0.3 is 11.1 Å². The van der Waals surface area contributed by atoms with Crippen LogP contribution in [-0.4, -0.2) is 12.5 Å². The van der Waals surface area contributed by atoms with Crippen LogP contribution in [0.5, 0.6) is 0 Å². The lowest BCUT2D eigenvalue weighted by atomic mass is 10.0. The second-order valence-corrected chi connectivity index (χ2v) is 4.56. The molecule has 2 atom stereocenters. The largest absolute Gasteiger partial charge is 0.349 e. The van der Waals surface area contributed by atoms with Crippen molar-refractivity contribution in [2.24, 2.45) is 11.7 Å². The topological polar surface area (TPSA) is 55.1 Å². The van der Waals surface area contributed by atoms with Crippen LogP contribution in [0.3, 0.4) is 0 Å². The standard InChI is InChI=1S/C13H19ClN2O/c1-3-10(8-15)13(17)16-9(2)11-5-4-6-12(14)7-11/h4-7,9-10H,3,8,15H2,1-2H3,(H,16,17)/t9-,10?/m0/s1. The van der Waals surface area contributed by atoms with Gasteiger partial charge in [-0.05, 0) is 31.0 Å². The predicted molar refractivity (Wildman–Crippen MR) is 70.8 cm³/mol. The highest BCUT2D eigenvalue weighted by Gasteiger charge is 2.17. The molecule has 0 aliphatic heterocycles. The molecule has 3 nitrogen and oxygen atoms in total. The Morgan fingerprint density at radius 3 is 2.76 bits per heavy atom. The maximum Gasteiger partial charge on any atom is 0.224 e. The van der Waals surface area contributed by atoms with Gasteiger partial charge in [0.2, 0.25) is 5.91 Å². The van der Waals surface area contributed by atoms with E-state index in [1.807, 2.05) is 38.1 Å². The summed E-state index contributed by atoms with van der Waals surface area (Å²) in [6.07, 6.45) is 0.755. The minimum absolute atomic E-state index is 0.00229. The molecule has 1 aromatic carbocycles. The van der Waals surface area contributed by atoms with E-state index in [2.05, 4.69) is 5.32 Å². The average molecular weight is 255 g/mol. The number of nitrogens with two attached hydrogens (primary N) is 1. The molecule has 0 aliphatic carbocycles. The van der Waals surface area contributed by atoms with E-state index in [1.165, 1.54) is 0 Å². The molecule has 0 aromatic heterocycles. The third kappa shape index (κ3) is 4.02. The molecule has 0 radical (unpaired) electrons. The highest BCUT2D eigenvalue weighted by molar-refractivity contribution is 6.30. The monoisotopic (exact) mass is 254 g/mol. The number of nitrogens with one attached hydrogen (secondary N) is 1. The molecule has 1 unspecified atom stereocenters. The quantitative estimate of drug-likeness (QED) is 0.848. The number of carbonyl (C=O) groups is 1. The van der Waals surface area contributed by atoms with Crippen molar-refractivity contribution in [3.8, 4) is 0 Å². The molecule has 1 rings (SSSR count). The lowest BCUT2D eigenvalue weighted by molar-refractivity contribution is -0.125. The zero-order valence-electron chi connectivity index (χ0n) is 10.2. The number of benzene rings is 1. The highest BCUT2D eigenvalue weighted by atomic mass is 35.5. The van der Waals surface area contributed by atoms with Gasteiger partial charge in [-0.25, -0.2) is 0 Å². The smallest absolute Gasteiger partial charge is 0.224 e. The molecule has 0 saturated carbocycles. The second-order valence-electron chi connectivity index (χ2n) is 4.13. The first-order valence-corrected chi connectivity index (χ1v) is 6.22. The number of hydrogen-bond acceptors (Lipinski definition) is 2. The lowest BCUT2D eigenvalue weighted by Crippen LogP contribution is -2.36. The molecule has 94 valence electrons. The average Bonchev–Trinajstić information content (AvgIpc) is 2.30. The molecule has 1 amide bonds. The summed E-state index contributed by atoms with van der Waals surface area (Å²) in [5.74, 6) is -0.112. The maximum atomic E-state index is 11.8. The minimum Gasteiger partial charge on any atom is -0.349 e. The van der Waals surface area contributed by atoms with Gasteiger partial charge in [0.1, 0.15) is 0 Å². The predicted octanol–water partition coefficient (Wildman–Crippen LogP) is 2.50. The van der Waals surface area contributed by atoms with Crippen LogP contribution in [0.1, 0.15) is 31.9 Å². The van der Waals surface area contributed by atoms with E-state index in [1.54, 1.807) is 0 Å². The molecule has 0 fully saturated rings. The molecule has 17 heavy (non-hydrogen) atoms.